The third-order valence-electron chi connectivity index (χ3n) is 3.28. The van der Waals surface area contributed by atoms with Crippen LogP contribution in [0.2, 0.25) is 0 Å². The molecule has 1 unspecified atom stereocenters. The van der Waals surface area contributed by atoms with E-state index in [1.54, 1.807) is 30.3 Å². The van der Waals surface area contributed by atoms with Crippen molar-refractivity contribution >= 4 is 55.6 Å². The first-order chi connectivity index (χ1) is 11.9. The molecule has 0 aliphatic rings. The minimum atomic E-state index is -0.921. The van der Waals surface area contributed by atoms with Gasteiger partial charge in [-0.25, -0.2) is 5.43 Å². The van der Waals surface area contributed by atoms with Gasteiger partial charge in [0, 0.05) is 4.47 Å². The van der Waals surface area contributed by atoms with Crippen molar-refractivity contribution in [2.75, 3.05) is 5.32 Å². The zero-order valence-electron chi connectivity index (χ0n) is 13.2. The van der Waals surface area contributed by atoms with Gasteiger partial charge in [0.2, 0.25) is 5.91 Å². The summed E-state index contributed by atoms with van der Waals surface area (Å²) in [5.74, 6) is -1.78. The number of phenols is 1. The fraction of sp³-hybridized carbons (Fsp3) is 0.118. The molecule has 0 saturated carbocycles. The first kappa shape index (κ1) is 19.1. The van der Waals surface area contributed by atoms with Gasteiger partial charge >= 0.3 is 0 Å². The lowest BCUT2D eigenvalue weighted by atomic mass is 10.1. The number of rotatable bonds is 5. The fourth-order valence-electron chi connectivity index (χ4n) is 1.79. The van der Waals surface area contributed by atoms with Crippen LogP contribution in [-0.2, 0) is 9.59 Å². The van der Waals surface area contributed by atoms with Crippen LogP contribution in [0.4, 0.5) is 5.69 Å². The highest BCUT2D eigenvalue weighted by molar-refractivity contribution is 9.11. The predicted molar refractivity (Wildman–Crippen MR) is 103 cm³/mol. The monoisotopic (exact) mass is 467 g/mol. The van der Waals surface area contributed by atoms with E-state index in [0.717, 1.165) is 4.47 Å². The maximum atomic E-state index is 12.1. The summed E-state index contributed by atoms with van der Waals surface area (Å²) in [4.78, 5) is 24.2. The number of benzene rings is 2. The Hall–Kier alpha value is -2.19. The van der Waals surface area contributed by atoms with Crippen molar-refractivity contribution in [2.24, 2.45) is 11.0 Å². The Labute approximate surface area is 161 Å². The zero-order chi connectivity index (χ0) is 18.4. The molecule has 0 aliphatic carbocycles. The Morgan fingerprint density at radius 3 is 2.52 bits per heavy atom. The largest absolute Gasteiger partial charge is 0.507 e. The van der Waals surface area contributed by atoms with Gasteiger partial charge in [-0.2, -0.15) is 5.10 Å². The van der Waals surface area contributed by atoms with Gasteiger partial charge in [0.15, 0.2) is 0 Å². The fourth-order valence-corrected chi connectivity index (χ4v) is 2.57. The Balaban J connectivity index is 1.93. The predicted octanol–water partition coefficient (Wildman–Crippen LogP) is 3.64. The van der Waals surface area contributed by atoms with Crippen molar-refractivity contribution in [1.29, 1.82) is 0 Å². The number of nitrogens with one attached hydrogen (secondary N) is 2. The summed E-state index contributed by atoms with van der Waals surface area (Å²) in [6.45, 7) is 1.49. The molecule has 0 spiro atoms. The van der Waals surface area contributed by atoms with Crippen LogP contribution in [0.3, 0.4) is 0 Å². The maximum absolute atomic E-state index is 12.1. The van der Waals surface area contributed by atoms with Crippen molar-refractivity contribution in [3.05, 3.63) is 57.0 Å². The molecule has 0 heterocycles. The van der Waals surface area contributed by atoms with Crippen LogP contribution in [0.15, 0.2) is 56.5 Å². The van der Waals surface area contributed by atoms with Gasteiger partial charge in [-0.05, 0) is 74.7 Å². The molecule has 8 heteroatoms. The summed E-state index contributed by atoms with van der Waals surface area (Å²) >= 11 is 6.52. The number of nitrogens with zero attached hydrogens (tertiary/aromatic N) is 1. The van der Waals surface area contributed by atoms with Gasteiger partial charge in [-0.3, -0.25) is 9.59 Å². The van der Waals surface area contributed by atoms with Crippen LogP contribution in [-0.4, -0.2) is 23.1 Å². The number of hydrogen-bond donors (Lipinski definition) is 3. The Kier molecular flexibility index (Phi) is 6.72. The van der Waals surface area contributed by atoms with Crippen molar-refractivity contribution in [1.82, 2.24) is 5.43 Å². The number of anilines is 1. The smallest absolute Gasteiger partial charge is 0.252 e. The number of para-hydroxylation sites is 1. The van der Waals surface area contributed by atoms with Crippen LogP contribution < -0.4 is 10.7 Å². The molecule has 2 aromatic rings. The van der Waals surface area contributed by atoms with E-state index in [0.29, 0.717) is 15.7 Å². The Morgan fingerprint density at radius 2 is 1.84 bits per heavy atom. The van der Waals surface area contributed by atoms with Crippen molar-refractivity contribution < 1.29 is 14.7 Å². The molecule has 0 radical (unpaired) electrons. The molecule has 0 saturated heterocycles. The van der Waals surface area contributed by atoms with Crippen LogP contribution in [0.1, 0.15) is 12.5 Å². The second-order valence-corrected chi connectivity index (χ2v) is 6.84. The number of hydrazone groups is 1. The number of aromatic hydroxyl groups is 1. The first-order valence-electron chi connectivity index (χ1n) is 7.25. The van der Waals surface area contributed by atoms with Gasteiger partial charge in [-0.15, -0.1) is 0 Å². The molecule has 0 fully saturated rings. The lowest BCUT2D eigenvalue weighted by Gasteiger charge is -2.11. The average molecular weight is 469 g/mol. The van der Waals surface area contributed by atoms with E-state index in [1.165, 1.54) is 19.2 Å². The van der Waals surface area contributed by atoms with Gasteiger partial charge in [0.25, 0.3) is 5.91 Å². The van der Waals surface area contributed by atoms with E-state index in [2.05, 4.69) is 47.7 Å². The molecule has 2 aromatic carbocycles. The van der Waals surface area contributed by atoms with Crippen molar-refractivity contribution in [3.63, 3.8) is 0 Å². The first-order valence-corrected chi connectivity index (χ1v) is 8.84. The molecule has 0 aromatic heterocycles. The summed E-state index contributed by atoms with van der Waals surface area (Å²) in [7, 11) is 0. The molecule has 0 aliphatic heterocycles. The number of hydrogen-bond acceptors (Lipinski definition) is 4. The van der Waals surface area contributed by atoms with Gasteiger partial charge < -0.3 is 10.4 Å². The van der Waals surface area contributed by atoms with Crippen LogP contribution in [0, 0.1) is 5.92 Å². The van der Waals surface area contributed by atoms with E-state index in [-0.39, 0.29) is 5.75 Å². The zero-order valence-corrected chi connectivity index (χ0v) is 16.3. The highest BCUT2D eigenvalue weighted by Gasteiger charge is 2.21. The summed E-state index contributed by atoms with van der Waals surface area (Å²) in [6.07, 6.45) is 1.42. The second kappa shape index (κ2) is 8.77. The minimum absolute atomic E-state index is 0.110. The molecule has 130 valence electrons. The molecule has 3 N–H and O–H groups in total. The Bertz CT molecular complexity index is 825. The lowest BCUT2D eigenvalue weighted by molar-refractivity contribution is -0.131. The molecule has 6 nitrogen and oxygen atoms in total. The standard InChI is InChI=1S/C17H15Br2N3O3/c1-10(16(24)21-14-5-3-2-4-12(14)18)17(25)22-20-9-11-6-7-15(23)13(19)8-11/h2-10,23H,1H3,(H,21,24)(H,22,25)/b20-9+. The molecular formula is C17H15Br2N3O3. The number of carbonyl (C=O) groups is 2. The molecular weight excluding hydrogens is 454 g/mol. The van der Waals surface area contributed by atoms with Crippen molar-refractivity contribution in [3.8, 4) is 5.75 Å². The molecule has 1 atom stereocenters. The summed E-state index contributed by atoms with van der Waals surface area (Å²) in [6, 6.07) is 11.9. The lowest BCUT2D eigenvalue weighted by Crippen LogP contribution is -2.34. The number of amides is 2. The Morgan fingerprint density at radius 1 is 1.12 bits per heavy atom. The van der Waals surface area contributed by atoms with E-state index in [4.69, 9.17) is 0 Å². The summed E-state index contributed by atoms with van der Waals surface area (Å²) < 4.78 is 1.25. The topological polar surface area (TPSA) is 90.8 Å². The van der Waals surface area contributed by atoms with Gasteiger partial charge in [0.1, 0.15) is 11.7 Å². The van der Waals surface area contributed by atoms with Crippen LogP contribution in [0.25, 0.3) is 0 Å². The normalized spacial score (nSPS) is 12.0. The quantitative estimate of drug-likeness (QED) is 0.355. The van der Waals surface area contributed by atoms with Gasteiger partial charge in [0.05, 0.1) is 16.4 Å². The van der Waals surface area contributed by atoms with Gasteiger partial charge in [-0.1, -0.05) is 12.1 Å². The van der Waals surface area contributed by atoms with E-state index in [1.807, 2.05) is 6.07 Å². The second-order valence-electron chi connectivity index (χ2n) is 5.14. The number of phenolic OH excluding ortho intramolecular Hbond substituents is 1. The number of halogens is 2. The summed E-state index contributed by atoms with van der Waals surface area (Å²) in [5.41, 5.74) is 3.59. The molecule has 25 heavy (non-hydrogen) atoms. The van der Waals surface area contributed by atoms with Crippen LogP contribution in [0.5, 0.6) is 5.75 Å². The average Bonchev–Trinajstić information content (AvgIpc) is 2.59. The highest BCUT2D eigenvalue weighted by Crippen LogP contribution is 2.23. The number of carbonyl (C=O) groups excluding carboxylic acids is 2. The van der Waals surface area contributed by atoms with Crippen LogP contribution >= 0.6 is 31.9 Å². The molecule has 2 rings (SSSR count). The SMILES string of the molecule is CC(C(=O)N/N=C/c1ccc(O)c(Br)c1)C(=O)Nc1ccccc1Br. The molecule has 2 amide bonds. The van der Waals surface area contributed by atoms with E-state index >= 15 is 0 Å². The third kappa shape index (κ3) is 5.40. The third-order valence-corrected chi connectivity index (χ3v) is 4.61. The van der Waals surface area contributed by atoms with E-state index in [9.17, 15) is 14.7 Å². The van der Waals surface area contributed by atoms with E-state index < -0.39 is 17.7 Å². The van der Waals surface area contributed by atoms with Crippen molar-refractivity contribution in [2.45, 2.75) is 6.92 Å². The summed E-state index contributed by atoms with van der Waals surface area (Å²) in [5, 5.41) is 15.9. The highest BCUT2D eigenvalue weighted by atomic mass is 79.9. The molecule has 0 bridgehead atoms. The minimum Gasteiger partial charge on any atom is -0.507 e. The maximum Gasteiger partial charge on any atom is 0.252 e.